The van der Waals surface area contributed by atoms with Crippen molar-refractivity contribution >= 4 is 50.1 Å². The van der Waals surface area contributed by atoms with E-state index in [2.05, 4.69) is 10.3 Å². The maximum absolute atomic E-state index is 13.4. The highest BCUT2D eigenvalue weighted by atomic mass is 32.1. The van der Waals surface area contributed by atoms with Gasteiger partial charge in [0.15, 0.2) is 5.76 Å². The Morgan fingerprint density at radius 2 is 1.83 bits per heavy atom. The van der Waals surface area contributed by atoms with Crippen molar-refractivity contribution in [1.29, 1.82) is 0 Å². The third kappa shape index (κ3) is 4.42. The van der Waals surface area contributed by atoms with Crippen LogP contribution in [0.5, 0.6) is 0 Å². The number of hydrogen-bond donors (Lipinski definition) is 1. The van der Waals surface area contributed by atoms with Crippen molar-refractivity contribution in [1.82, 2.24) is 4.98 Å². The molecule has 0 aliphatic heterocycles. The van der Waals surface area contributed by atoms with Gasteiger partial charge in [-0.2, -0.15) is 0 Å². The topological polar surface area (TPSA) is 81.4 Å². The molecule has 35 heavy (non-hydrogen) atoms. The average Bonchev–Trinajstić information content (AvgIpc) is 3.43. The minimum atomic E-state index is -0.701. The van der Waals surface area contributed by atoms with Crippen LogP contribution in [0.15, 0.2) is 70.6 Å². The first kappa shape index (κ1) is 22.8. The molecule has 0 saturated carbocycles. The molecule has 176 valence electrons. The molecule has 0 fully saturated rings. The molecule has 0 atom stereocenters. The van der Waals surface area contributed by atoms with Crippen LogP contribution in [0.25, 0.3) is 33.0 Å². The number of nitrogens with one attached hydrogen (secondary N) is 1. The van der Waals surface area contributed by atoms with Crippen molar-refractivity contribution in [2.75, 3.05) is 5.32 Å². The fraction of sp³-hybridized carbons (Fsp3) is 0.179. The predicted molar refractivity (Wildman–Crippen MR) is 139 cm³/mol. The molecule has 0 spiro atoms. The first-order valence-corrected chi connectivity index (χ1v) is 12.1. The number of pyridine rings is 1. The van der Waals surface area contributed by atoms with Gasteiger partial charge >= 0.3 is 5.97 Å². The predicted octanol–water partition coefficient (Wildman–Crippen LogP) is 7.23. The fourth-order valence-corrected chi connectivity index (χ4v) is 4.93. The van der Waals surface area contributed by atoms with E-state index in [1.165, 1.54) is 11.3 Å². The van der Waals surface area contributed by atoms with Gasteiger partial charge in [0.25, 0.3) is 5.91 Å². The molecule has 0 unspecified atom stereocenters. The van der Waals surface area contributed by atoms with Crippen LogP contribution in [0, 0.1) is 6.92 Å². The number of rotatable bonds is 4. The number of thiophene rings is 1. The number of furan rings is 1. The second-order valence-corrected chi connectivity index (χ2v) is 10.2. The number of para-hydroxylation sites is 1. The van der Waals surface area contributed by atoms with E-state index in [9.17, 15) is 9.59 Å². The summed E-state index contributed by atoms with van der Waals surface area (Å²) >= 11 is 1.27. The minimum Gasteiger partial charge on any atom is -0.456 e. The summed E-state index contributed by atoms with van der Waals surface area (Å²) in [6.45, 7) is 7.44. The van der Waals surface area contributed by atoms with E-state index in [4.69, 9.17) is 9.15 Å². The summed E-state index contributed by atoms with van der Waals surface area (Å²) in [4.78, 5) is 31.0. The molecule has 0 aliphatic rings. The highest BCUT2D eigenvalue weighted by Gasteiger charge is 2.28. The molecular formula is C28H24N2O4S. The Labute approximate surface area is 206 Å². The number of nitrogens with zero attached hydrogens (tertiary/aromatic N) is 1. The maximum Gasteiger partial charge on any atom is 0.342 e. The van der Waals surface area contributed by atoms with Crippen molar-refractivity contribution in [3.8, 4) is 11.1 Å². The van der Waals surface area contributed by atoms with Crippen LogP contribution >= 0.6 is 11.3 Å². The summed E-state index contributed by atoms with van der Waals surface area (Å²) < 4.78 is 11.4. The molecule has 0 aliphatic carbocycles. The zero-order valence-electron chi connectivity index (χ0n) is 19.8. The summed E-state index contributed by atoms with van der Waals surface area (Å²) in [5.41, 5.74) is 3.66. The Morgan fingerprint density at radius 1 is 1.03 bits per heavy atom. The lowest BCUT2D eigenvalue weighted by atomic mass is 9.97. The van der Waals surface area contributed by atoms with Crippen LogP contribution in [-0.4, -0.2) is 22.5 Å². The first-order chi connectivity index (χ1) is 16.7. The Morgan fingerprint density at radius 3 is 2.60 bits per heavy atom. The second-order valence-electron chi connectivity index (χ2n) is 9.29. The van der Waals surface area contributed by atoms with Gasteiger partial charge in [-0.05, 0) is 57.0 Å². The van der Waals surface area contributed by atoms with Gasteiger partial charge in [-0.25, -0.2) is 4.79 Å². The molecule has 7 heteroatoms. The summed E-state index contributed by atoms with van der Waals surface area (Å²) in [5.74, 6) is -0.776. The van der Waals surface area contributed by atoms with Crippen LogP contribution in [0.2, 0.25) is 0 Å². The molecular weight excluding hydrogens is 460 g/mol. The molecule has 3 aromatic heterocycles. The third-order valence-corrected chi connectivity index (χ3v) is 6.43. The lowest BCUT2D eigenvalue weighted by Crippen LogP contribution is -2.25. The summed E-state index contributed by atoms with van der Waals surface area (Å²) in [7, 11) is 0. The van der Waals surface area contributed by atoms with Crippen LogP contribution in [0.3, 0.4) is 0 Å². The maximum atomic E-state index is 13.4. The van der Waals surface area contributed by atoms with Crippen LogP contribution in [-0.2, 0) is 4.74 Å². The molecule has 0 saturated heterocycles. The molecule has 2 aromatic carbocycles. The SMILES string of the molecule is Cc1ccc(-c2csc(NC(=O)c3cc4ccccc4o3)c2C(=O)OC(C)(C)C)c2cccnc12. The van der Waals surface area contributed by atoms with Crippen molar-refractivity contribution < 1.29 is 18.7 Å². The minimum absolute atomic E-state index is 0.168. The van der Waals surface area contributed by atoms with E-state index in [-0.39, 0.29) is 5.76 Å². The van der Waals surface area contributed by atoms with Crippen molar-refractivity contribution in [3.63, 3.8) is 0 Å². The second kappa shape index (κ2) is 8.67. The van der Waals surface area contributed by atoms with Gasteiger partial charge in [0.2, 0.25) is 0 Å². The number of anilines is 1. The summed E-state index contributed by atoms with van der Waals surface area (Å²) in [6.07, 6.45) is 1.75. The number of aromatic nitrogens is 1. The molecule has 0 radical (unpaired) electrons. The zero-order chi connectivity index (χ0) is 24.7. The Kier molecular flexibility index (Phi) is 5.65. The van der Waals surface area contributed by atoms with Gasteiger partial charge in [-0.15, -0.1) is 11.3 Å². The molecule has 5 rings (SSSR count). The standard InChI is InChI=1S/C28H24N2O4S/c1-16-11-12-18(19-9-7-13-29-24(16)19)20-15-35-26(23(20)27(32)34-28(2,3)4)30-25(31)22-14-17-8-5-6-10-21(17)33-22/h5-15H,1-4H3,(H,30,31). The lowest BCUT2D eigenvalue weighted by Gasteiger charge is -2.20. The number of hydrogen-bond acceptors (Lipinski definition) is 6. The number of carbonyl (C=O) groups is 2. The molecule has 0 bridgehead atoms. The number of carbonyl (C=O) groups excluding carboxylic acids is 2. The van der Waals surface area contributed by atoms with Gasteiger partial charge in [0.05, 0.1) is 5.52 Å². The number of aryl methyl sites for hydroxylation is 1. The quantitative estimate of drug-likeness (QED) is 0.272. The van der Waals surface area contributed by atoms with Crippen molar-refractivity contribution in [3.05, 3.63) is 83.1 Å². The Hall–Kier alpha value is -3.97. The molecule has 3 heterocycles. The van der Waals surface area contributed by atoms with E-state index < -0.39 is 17.5 Å². The van der Waals surface area contributed by atoms with E-state index in [1.807, 2.05) is 75.5 Å². The smallest absolute Gasteiger partial charge is 0.342 e. The fourth-order valence-electron chi connectivity index (χ4n) is 3.99. The van der Waals surface area contributed by atoms with Crippen LogP contribution in [0.1, 0.15) is 47.2 Å². The number of ether oxygens (including phenoxy) is 1. The number of amides is 1. The van der Waals surface area contributed by atoms with E-state index >= 15 is 0 Å². The Balaban J connectivity index is 1.60. The lowest BCUT2D eigenvalue weighted by molar-refractivity contribution is 0.00721. The zero-order valence-corrected chi connectivity index (χ0v) is 20.7. The van der Waals surface area contributed by atoms with Gasteiger partial charge in [0.1, 0.15) is 21.7 Å². The van der Waals surface area contributed by atoms with E-state index in [0.717, 1.165) is 27.4 Å². The molecule has 1 amide bonds. The van der Waals surface area contributed by atoms with Crippen LogP contribution < -0.4 is 5.32 Å². The molecule has 1 N–H and O–H groups in total. The number of esters is 1. The van der Waals surface area contributed by atoms with Crippen molar-refractivity contribution in [2.24, 2.45) is 0 Å². The number of benzene rings is 2. The van der Waals surface area contributed by atoms with E-state index in [1.54, 1.807) is 18.3 Å². The summed E-state index contributed by atoms with van der Waals surface area (Å²) in [6, 6.07) is 16.9. The van der Waals surface area contributed by atoms with Gasteiger partial charge in [-0.3, -0.25) is 9.78 Å². The average molecular weight is 485 g/mol. The monoisotopic (exact) mass is 484 g/mol. The normalized spacial score (nSPS) is 11.7. The highest BCUT2D eigenvalue weighted by molar-refractivity contribution is 7.15. The van der Waals surface area contributed by atoms with Gasteiger partial charge in [0, 0.05) is 27.9 Å². The van der Waals surface area contributed by atoms with Crippen molar-refractivity contribution in [2.45, 2.75) is 33.3 Å². The summed E-state index contributed by atoms with van der Waals surface area (Å²) in [5, 5.41) is 6.89. The molecule has 6 nitrogen and oxygen atoms in total. The highest BCUT2D eigenvalue weighted by Crippen LogP contribution is 2.40. The third-order valence-electron chi connectivity index (χ3n) is 5.53. The number of fused-ring (bicyclic) bond motifs is 2. The molecule has 5 aromatic rings. The largest absolute Gasteiger partial charge is 0.456 e. The van der Waals surface area contributed by atoms with Gasteiger partial charge < -0.3 is 14.5 Å². The Bertz CT molecular complexity index is 1560. The van der Waals surface area contributed by atoms with Crippen LogP contribution in [0.4, 0.5) is 5.00 Å². The first-order valence-electron chi connectivity index (χ1n) is 11.2. The van der Waals surface area contributed by atoms with Gasteiger partial charge in [-0.1, -0.05) is 36.4 Å². The van der Waals surface area contributed by atoms with E-state index in [0.29, 0.717) is 21.7 Å².